The highest BCUT2D eigenvalue weighted by Crippen LogP contribution is 2.50. The zero-order valence-electron chi connectivity index (χ0n) is 47.2. The molecule has 490 valence electrons. The summed E-state index contributed by atoms with van der Waals surface area (Å²) < 4.78 is 353. The summed E-state index contributed by atoms with van der Waals surface area (Å²) in [7, 11) is 0. The van der Waals surface area contributed by atoms with Crippen molar-refractivity contribution in [2.45, 2.75) is 49.4 Å². The molecule has 0 aliphatic rings. The number of hydrogen-bond donors (Lipinski definition) is 0. The van der Waals surface area contributed by atoms with Gasteiger partial charge in [0.25, 0.3) is 0 Å². The lowest BCUT2D eigenvalue weighted by molar-refractivity contribution is -0.144. The summed E-state index contributed by atoms with van der Waals surface area (Å²) in [6.45, 7) is 0. The molecule has 0 aliphatic heterocycles. The summed E-state index contributed by atoms with van der Waals surface area (Å²) in [5.41, 5.74) is -22.7. The van der Waals surface area contributed by atoms with Gasteiger partial charge in [-0.1, -0.05) is 78.9 Å². The minimum Gasteiger partial charge on any atom is -0.307 e. The van der Waals surface area contributed by atoms with Crippen molar-refractivity contribution in [3.63, 3.8) is 0 Å². The molecule has 12 rings (SSSR count). The molecular formula is C68H30F24N4. The van der Waals surface area contributed by atoms with Crippen molar-refractivity contribution < 1.29 is 105 Å². The van der Waals surface area contributed by atoms with Crippen LogP contribution in [0.2, 0.25) is 0 Å². The van der Waals surface area contributed by atoms with Gasteiger partial charge in [0.15, 0.2) is 0 Å². The first kappa shape index (κ1) is 65.6. The zero-order valence-corrected chi connectivity index (χ0v) is 47.2. The second-order valence-corrected chi connectivity index (χ2v) is 21.9. The average Bonchev–Trinajstić information content (AvgIpc) is 1.54. The van der Waals surface area contributed by atoms with Gasteiger partial charge in [-0.2, -0.15) is 111 Å². The quantitative estimate of drug-likeness (QED) is 0.149. The Labute approximate surface area is 521 Å². The molecule has 0 N–H and O–H groups in total. The van der Waals surface area contributed by atoms with Crippen LogP contribution in [0.3, 0.4) is 0 Å². The summed E-state index contributed by atoms with van der Waals surface area (Å²) in [6.07, 6.45) is -41.0. The van der Waals surface area contributed by atoms with E-state index in [4.69, 9.17) is 0 Å². The predicted molar refractivity (Wildman–Crippen MR) is 305 cm³/mol. The average molecular weight is 1360 g/mol. The molecule has 12 aromatic rings. The number of pyridine rings is 1. The molecule has 4 nitrogen and oxygen atoms in total. The standard InChI is InChI=1S/C68H30F24N4/c69-61(70,71)38-7-15-42(51(25-38)65(81,82)83)32-3-11-46-47-12-4-33(43-16-8-39(62(72,73)74)26-52(43)66(84,85)86)21-56(47)95(55(46)20-32)59-24-37(30-93)50(36-2-1-19-94-31-36)29-60(59)96-57-22-34(44-17-9-40(63(75,76)77)27-53(44)67(87,88)89)5-13-48(57)49-14-6-35(23-58(49)96)45-18-10-41(64(78,79)80)28-54(45)68(90,91)92/h1-29,31H. The van der Waals surface area contributed by atoms with E-state index in [9.17, 15) is 57.9 Å². The van der Waals surface area contributed by atoms with E-state index in [-0.39, 0.29) is 84.6 Å². The van der Waals surface area contributed by atoms with Crippen LogP contribution >= 0.6 is 0 Å². The Bertz CT molecular complexity index is 4910. The Morgan fingerprint density at radius 2 is 0.562 bits per heavy atom. The van der Waals surface area contributed by atoms with E-state index >= 15 is 52.7 Å². The predicted octanol–water partition coefficient (Wildman–Crippen LogP) is 23.6. The number of fused-ring (bicyclic) bond motifs is 6. The molecule has 0 spiro atoms. The normalized spacial score (nSPS) is 13.2. The van der Waals surface area contributed by atoms with Crippen molar-refractivity contribution >= 4 is 43.6 Å². The van der Waals surface area contributed by atoms with E-state index in [1.54, 1.807) is 0 Å². The molecular weight excluding hydrogens is 1330 g/mol. The molecule has 3 heterocycles. The molecule has 28 heteroatoms. The molecule has 3 aromatic heterocycles. The van der Waals surface area contributed by atoms with Crippen LogP contribution in [0.1, 0.15) is 50.1 Å². The Morgan fingerprint density at radius 3 is 0.802 bits per heavy atom. The highest BCUT2D eigenvalue weighted by Gasteiger charge is 2.43. The topological polar surface area (TPSA) is 46.5 Å². The first-order chi connectivity index (χ1) is 44.6. The molecule has 0 saturated heterocycles. The van der Waals surface area contributed by atoms with E-state index in [1.807, 2.05) is 6.07 Å². The number of rotatable bonds is 7. The number of aromatic nitrogens is 3. The minimum absolute atomic E-state index is 0.0572. The summed E-state index contributed by atoms with van der Waals surface area (Å²) >= 11 is 0. The van der Waals surface area contributed by atoms with Crippen LogP contribution in [0.15, 0.2) is 182 Å². The van der Waals surface area contributed by atoms with Crippen LogP contribution in [0.4, 0.5) is 105 Å². The SMILES string of the molecule is N#Cc1cc(-n2c3cc(-c4ccc(C(F)(F)F)cc4C(F)(F)F)ccc3c3ccc(-c4ccc(C(F)(F)F)cc4C(F)(F)F)cc32)c(-n2c3cc(-c4ccc(C(F)(F)F)cc4C(F)(F)F)ccc3c3ccc(-c4ccc(C(F)(F)F)cc4C(F)(F)F)cc32)cc1-c1cccnc1. The van der Waals surface area contributed by atoms with Gasteiger partial charge in [-0.15, -0.1) is 0 Å². The highest BCUT2D eigenvalue weighted by molar-refractivity contribution is 6.14. The van der Waals surface area contributed by atoms with Gasteiger partial charge in [0.1, 0.15) is 0 Å². The number of benzene rings is 9. The maximum absolute atomic E-state index is 15.1. The van der Waals surface area contributed by atoms with Crippen LogP contribution in [-0.4, -0.2) is 14.1 Å². The molecule has 0 unspecified atom stereocenters. The molecule has 0 atom stereocenters. The molecule has 0 saturated carbocycles. The van der Waals surface area contributed by atoms with E-state index in [0.29, 0.717) is 48.5 Å². The maximum atomic E-state index is 15.1. The Morgan fingerprint density at radius 1 is 0.281 bits per heavy atom. The van der Waals surface area contributed by atoms with Crippen molar-refractivity contribution in [2.24, 2.45) is 0 Å². The molecule has 9 aromatic carbocycles. The monoisotopic (exact) mass is 1360 g/mol. The number of nitriles is 1. The van der Waals surface area contributed by atoms with Gasteiger partial charge in [-0.05, 0) is 136 Å². The molecule has 0 bridgehead atoms. The number of hydrogen-bond acceptors (Lipinski definition) is 2. The van der Waals surface area contributed by atoms with Crippen LogP contribution in [-0.2, 0) is 49.4 Å². The third kappa shape index (κ3) is 11.8. The van der Waals surface area contributed by atoms with Gasteiger partial charge < -0.3 is 9.13 Å². The van der Waals surface area contributed by atoms with Crippen LogP contribution < -0.4 is 0 Å². The number of halogens is 24. The Kier molecular flexibility index (Phi) is 15.3. The van der Waals surface area contributed by atoms with Crippen molar-refractivity contribution in [1.29, 1.82) is 5.26 Å². The smallest absolute Gasteiger partial charge is 0.307 e. The van der Waals surface area contributed by atoms with Gasteiger partial charge in [-0.3, -0.25) is 4.98 Å². The summed E-state index contributed by atoms with van der Waals surface area (Å²) in [5, 5.41) is 10.9. The first-order valence-corrected chi connectivity index (χ1v) is 27.4. The van der Waals surface area contributed by atoms with Gasteiger partial charge in [0, 0.05) is 45.1 Å². The van der Waals surface area contributed by atoms with Crippen molar-refractivity contribution in [2.75, 3.05) is 0 Å². The van der Waals surface area contributed by atoms with Crippen LogP contribution in [0, 0.1) is 11.3 Å². The van der Waals surface area contributed by atoms with Crippen molar-refractivity contribution in [1.82, 2.24) is 14.1 Å². The van der Waals surface area contributed by atoms with E-state index in [2.05, 4.69) is 4.98 Å². The fourth-order valence-corrected chi connectivity index (χ4v) is 11.8. The Hall–Kier alpha value is -10.5. The van der Waals surface area contributed by atoms with Crippen LogP contribution in [0.25, 0.3) is 111 Å². The van der Waals surface area contributed by atoms with E-state index in [0.717, 1.165) is 88.0 Å². The molecule has 96 heavy (non-hydrogen) atoms. The third-order valence-electron chi connectivity index (χ3n) is 16.1. The molecule has 0 radical (unpaired) electrons. The van der Waals surface area contributed by atoms with Gasteiger partial charge >= 0.3 is 49.4 Å². The van der Waals surface area contributed by atoms with Crippen molar-refractivity contribution in [3.8, 4) is 73.1 Å². The zero-order chi connectivity index (χ0) is 69.5. The fraction of sp³-hybridized carbons (Fsp3) is 0.118. The molecule has 0 aliphatic carbocycles. The second-order valence-electron chi connectivity index (χ2n) is 21.9. The van der Waals surface area contributed by atoms with E-state index in [1.165, 1.54) is 30.6 Å². The third-order valence-corrected chi connectivity index (χ3v) is 16.1. The highest BCUT2D eigenvalue weighted by atomic mass is 19.4. The molecule has 0 fully saturated rings. The number of nitrogens with zero attached hydrogens (tertiary/aromatic N) is 4. The molecule has 0 amide bonds. The lowest BCUT2D eigenvalue weighted by atomic mass is 9.95. The summed E-state index contributed by atoms with van der Waals surface area (Å²) in [4.78, 5) is 4.10. The van der Waals surface area contributed by atoms with Crippen LogP contribution in [0.5, 0.6) is 0 Å². The van der Waals surface area contributed by atoms with Gasteiger partial charge in [0.2, 0.25) is 0 Å². The summed E-state index contributed by atoms with van der Waals surface area (Å²) in [6, 6.07) is 22.1. The number of alkyl halides is 24. The maximum Gasteiger partial charge on any atom is 0.417 e. The lowest BCUT2D eigenvalue weighted by Gasteiger charge is -2.21. The van der Waals surface area contributed by atoms with Crippen molar-refractivity contribution in [3.05, 3.63) is 232 Å². The lowest BCUT2D eigenvalue weighted by Crippen LogP contribution is -2.12. The largest absolute Gasteiger partial charge is 0.417 e. The first-order valence-electron chi connectivity index (χ1n) is 27.4. The van der Waals surface area contributed by atoms with Gasteiger partial charge in [-0.25, -0.2) is 0 Å². The second kappa shape index (κ2) is 22.3. The Balaban J connectivity index is 1.28. The summed E-state index contributed by atoms with van der Waals surface area (Å²) in [5.74, 6) is 0. The minimum atomic E-state index is -5.54. The fourth-order valence-electron chi connectivity index (χ4n) is 11.8. The van der Waals surface area contributed by atoms with Gasteiger partial charge in [0.05, 0.1) is 89.6 Å². The van der Waals surface area contributed by atoms with E-state index < -0.39 is 150 Å².